The van der Waals surface area contributed by atoms with Crippen LogP contribution in [0.25, 0.3) is 0 Å². The number of fused-ring (bicyclic) bond motifs is 2. The fourth-order valence-corrected chi connectivity index (χ4v) is 5.81. The molecule has 5 atom stereocenters. The first-order valence-corrected chi connectivity index (χ1v) is 10.4. The van der Waals surface area contributed by atoms with Crippen molar-refractivity contribution in [3.8, 4) is 0 Å². The van der Waals surface area contributed by atoms with Gasteiger partial charge in [0.05, 0.1) is 0 Å². The zero-order valence-electron chi connectivity index (χ0n) is 15.4. The summed E-state index contributed by atoms with van der Waals surface area (Å²) in [5.74, 6) is 2.40. The van der Waals surface area contributed by atoms with E-state index >= 15 is 0 Å². The quantitative estimate of drug-likeness (QED) is 0.877. The Kier molecular flexibility index (Phi) is 4.31. The molecule has 0 bridgehead atoms. The summed E-state index contributed by atoms with van der Waals surface area (Å²) in [5.41, 5.74) is 0. The van der Waals surface area contributed by atoms with E-state index in [1.165, 1.54) is 36.7 Å². The minimum absolute atomic E-state index is 0.0854. The number of rotatable bonds is 3. The van der Waals surface area contributed by atoms with E-state index in [0.717, 1.165) is 19.4 Å². The number of alkyl halides is 2. The molecule has 4 aliphatic rings. The molecule has 6 nitrogen and oxygen atoms in total. The zero-order chi connectivity index (χ0) is 18.5. The number of hydrogen-bond acceptors (Lipinski definition) is 4. The SMILES string of the molecule is O=C(C1C2CCCCC21)N1CCCC([C@@H]2C[C@H](C(F)F)n3ncnc3N2)C1. The highest BCUT2D eigenvalue weighted by Crippen LogP contribution is 2.56. The van der Waals surface area contributed by atoms with E-state index in [2.05, 4.69) is 15.4 Å². The number of carbonyl (C=O) groups is 1. The molecule has 2 aliphatic heterocycles. The van der Waals surface area contributed by atoms with Crippen molar-refractivity contribution < 1.29 is 13.6 Å². The molecule has 1 amide bonds. The highest BCUT2D eigenvalue weighted by atomic mass is 19.3. The average molecular weight is 379 g/mol. The maximum Gasteiger partial charge on any atom is 0.260 e. The van der Waals surface area contributed by atoms with Crippen LogP contribution in [0.3, 0.4) is 0 Å². The smallest absolute Gasteiger partial charge is 0.260 e. The second-order valence-corrected chi connectivity index (χ2v) is 8.74. The van der Waals surface area contributed by atoms with E-state index in [0.29, 0.717) is 36.7 Å². The number of piperidine rings is 1. The van der Waals surface area contributed by atoms with Gasteiger partial charge < -0.3 is 10.2 Å². The number of nitrogens with one attached hydrogen (secondary N) is 1. The molecule has 2 aliphatic carbocycles. The number of hydrogen-bond donors (Lipinski definition) is 1. The first-order valence-electron chi connectivity index (χ1n) is 10.4. The van der Waals surface area contributed by atoms with Crippen LogP contribution >= 0.6 is 0 Å². The Morgan fingerprint density at radius 2 is 1.96 bits per heavy atom. The summed E-state index contributed by atoms with van der Waals surface area (Å²) in [6.45, 7) is 1.49. The van der Waals surface area contributed by atoms with Crippen molar-refractivity contribution in [3.05, 3.63) is 6.33 Å². The maximum absolute atomic E-state index is 13.5. The maximum atomic E-state index is 13.5. The first-order chi connectivity index (χ1) is 13.1. The third-order valence-electron chi connectivity index (χ3n) is 7.27. The number of aromatic nitrogens is 3. The molecule has 1 saturated heterocycles. The Balaban J connectivity index is 1.27. The molecule has 27 heavy (non-hydrogen) atoms. The molecular formula is C19H27F2N5O. The van der Waals surface area contributed by atoms with Gasteiger partial charge in [0, 0.05) is 25.0 Å². The molecule has 8 heteroatoms. The predicted octanol–water partition coefficient (Wildman–Crippen LogP) is 2.94. The topological polar surface area (TPSA) is 63.1 Å². The fourth-order valence-electron chi connectivity index (χ4n) is 5.81. The van der Waals surface area contributed by atoms with Gasteiger partial charge >= 0.3 is 0 Å². The van der Waals surface area contributed by atoms with Gasteiger partial charge in [-0.1, -0.05) is 12.8 Å². The molecule has 0 aromatic carbocycles. The van der Waals surface area contributed by atoms with E-state index in [1.54, 1.807) is 0 Å². The minimum atomic E-state index is -2.47. The summed E-state index contributed by atoms with van der Waals surface area (Å²) < 4.78 is 28.4. The van der Waals surface area contributed by atoms with Crippen molar-refractivity contribution >= 4 is 11.9 Å². The Morgan fingerprint density at radius 3 is 2.70 bits per heavy atom. The van der Waals surface area contributed by atoms with Crippen LogP contribution in [0.1, 0.15) is 51.0 Å². The number of nitrogens with zero attached hydrogens (tertiary/aromatic N) is 4. The molecule has 148 valence electrons. The molecule has 5 rings (SSSR count). The summed E-state index contributed by atoms with van der Waals surface area (Å²) >= 11 is 0. The molecule has 3 fully saturated rings. The fraction of sp³-hybridized carbons (Fsp3) is 0.842. The largest absolute Gasteiger partial charge is 0.351 e. The summed E-state index contributed by atoms with van der Waals surface area (Å²) in [5, 5.41) is 7.26. The number of likely N-dealkylation sites (tertiary alicyclic amines) is 1. The standard InChI is InChI=1S/C19H27F2N5O/c20-17(21)15-8-14(24-19-22-10-23-26(15)19)11-4-3-7-25(9-11)18(27)16-12-5-1-2-6-13(12)16/h10-17H,1-9H2,(H,22,23,24)/t11?,12?,13?,14-,15+,16?/m0/s1. The van der Waals surface area contributed by atoms with Gasteiger partial charge in [0.15, 0.2) is 0 Å². The summed E-state index contributed by atoms with van der Waals surface area (Å²) in [7, 11) is 0. The van der Waals surface area contributed by atoms with E-state index < -0.39 is 12.5 Å². The number of anilines is 1. The van der Waals surface area contributed by atoms with Gasteiger partial charge in [-0.2, -0.15) is 10.1 Å². The minimum Gasteiger partial charge on any atom is -0.351 e. The highest BCUT2D eigenvalue weighted by Gasteiger charge is 2.56. The predicted molar refractivity (Wildman–Crippen MR) is 95.3 cm³/mol. The van der Waals surface area contributed by atoms with Gasteiger partial charge in [-0.3, -0.25) is 4.79 Å². The number of carbonyl (C=O) groups excluding carboxylic acids is 1. The molecule has 2 saturated carbocycles. The average Bonchev–Trinajstić information content (AvgIpc) is 3.22. The Morgan fingerprint density at radius 1 is 1.19 bits per heavy atom. The van der Waals surface area contributed by atoms with E-state index in [9.17, 15) is 13.6 Å². The lowest BCUT2D eigenvalue weighted by Gasteiger charge is -2.40. The van der Waals surface area contributed by atoms with Gasteiger partial charge in [-0.15, -0.1) is 0 Å². The van der Waals surface area contributed by atoms with Crippen LogP contribution in [-0.2, 0) is 4.79 Å². The third-order valence-corrected chi connectivity index (χ3v) is 7.27. The van der Waals surface area contributed by atoms with Crippen molar-refractivity contribution in [1.82, 2.24) is 19.7 Å². The molecule has 1 aromatic heterocycles. The number of amides is 1. The van der Waals surface area contributed by atoms with Crippen molar-refractivity contribution in [2.75, 3.05) is 18.4 Å². The molecule has 3 heterocycles. The van der Waals surface area contributed by atoms with Crippen LogP contribution in [0.2, 0.25) is 0 Å². The summed E-state index contributed by atoms with van der Waals surface area (Å²) in [6, 6.07) is -1.02. The summed E-state index contributed by atoms with van der Waals surface area (Å²) in [6.07, 6.45) is 6.02. The molecule has 0 radical (unpaired) electrons. The van der Waals surface area contributed by atoms with E-state index in [-0.39, 0.29) is 17.9 Å². The van der Waals surface area contributed by atoms with E-state index in [4.69, 9.17) is 0 Å². The first kappa shape index (κ1) is 17.4. The monoisotopic (exact) mass is 379 g/mol. The molecule has 1 N–H and O–H groups in total. The second kappa shape index (κ2) is 6.71. The van der Waals surface area contributed by atoms with Crippen LogP contribution in [0, 0.1) is 23.7 Å². The lowest BCUT2D eigenvalue weighted by Crippen LogP contribution is -2.49. The number of halogens is 2. The second-order valence-electron chi connectivity index (χ2n) is 8.74. The lowest BCUT2D eigenvalue weighted by atomic mass is 9.86. The van der Waals surface area contributed by atoms with Crippen LogP contribution in [0.15, 0.2) is 6.33 Å². The zero-order valence-corrected chi connectivity index (χ0v) is 15.4. The van der Waals surface area contributed by atoms with Gasteiger partial charge in [0.2, 0.25) is 11.9 Å². The highest BCUT2D eigenvalue weighted by molar-refractivity contribution is 5.82. The molecular weight excluding hydrogens is 352 g/mol. The van der Waals surface area contributed by atoms with Crippen molar-refractivity contribution in [3.63, 3.8) is 0 Å². The van der Waals surface area contributed by atoms with Gasteiger partial charge in [-0.25, -0.2) is 13.5 Å². The Hall–Kier alpha value is -1.73. The summed E-state index contributed by atoms with van der Waals surface area (Å²) in [4.78, 5) is 19.2. The van der Waals surface area contributed by atoms with Crippen LogP contribution < -0.4 is 5.32 Å². The Bertz CT molecular complexity index is 698. The van der Waals surface area contributed by atoms with Crippen LogP contribution in [-0.4, -0.2) is 51.1 Å². The van der Waals surface area contributed by atoms with Gasteiger partial charge in [0.1, 0.15) is 12.4 Å². The van der Waals surface area contributed by atoms with Crippen molar-refractivity contribution in [2.24, 2.45) is 23.7 Å². The molecule has 0 spiro atoms. The van der Waals surface area contributed by atoms with Crippen LogP contribution in [0.5, 0.6) is 0 Å². The van der Waals surface area contributed by atoms with E-state index in [1.807, 2.05) is 4.90 Å². The molecule has 1 aromatic rings. The molecule has 3 unspecified atom stereocenters. The lowest BCUT2D eigenvalue weighted by molar-refractivity contribution is -0.135. The third kappa shape index (κ3) is 3.01. The van der Waals surface area contributed by atoms with Gasteiger partial charge in [0.25, 0.3) is 6.43 Å². The van der Waals surface area contributed by atoms with Crippen molar-refractivity contribution in [1.29, 1.82) is 0 Å². The van der Waals surface area contributed by atoms with Crippen LogP contribution in [0.4, 0.5) is 14.7 Å². The van der Waals surface area contributed by atoms with Gasteiger partial charge in [-0.05, 0) is 49.9 Å². The van der Waals surface area contributed by atoms with Crippen molar-refractivity contribution in [2.45, 2.75) is 63.5 Å². The normalized spacial score (nSPS) is 38.1. The Labute approximate surface area is 157 Å².